The van der Waals surface area contributed by atoms with Gasteiger partial charge in [0, 0.05) is 30.6 Å². The Kier molecular flexibility index (Phi) is 6.87. The first-order chi connectivity index (χ1) is 12.9. The van der Waals surface area contributed by atoms with Crippen LogP contribution >= 0.6 is 0 Å². The van der Waals surface area contributed by atoms with Crippen LogP contribution in [0.25, 0.3) is 0 Å². The van der Waals surface area contributed by atoms with Gasteiger partial charge in [-0.25, -0.2) is 0 Å². The van der Waals surface area contributed by atoms with Crippen molar-refractivity contribution in [2.45, 2.75) is 13.3 Å². The van der Waals surface area contributed by atoms with E-state index in [4.69, 9.17) is 0 Å². The number of benzene rings is 2. The van der Waals surface area contributed by atoms with E-state index in [9.17, 15) is 19.7 Å². The van der Waals surface area contributed by atoms with Crippen LogP contribution in [0.5, 0.6) is 0 Å². The van der Waals surface area contributed by atoms with Crippen LogP contribution in [0.1, 0.15) is 12.5 Å². The Bertz CT molecular complexity index is 838. The normalized spacial score (nSPS) is 10.1. The van der Waals surface area contributed by atoms with Crippen LogP contribution in [0.3, 0.4) is 0 Å². The summed E-state index contributed by atoms with van der Waals surface area (Å²) in [6, 6.07) is 13.4. The summed E-state index contributed by atoms with van der Waals surface area (Å²) >= 11 is 0. The van der Waals surface area contributed by atoms with Gasteiger partial charge in [-0.1, -0.05) is 31.2 Å². The molecule has 0 saturated heterocycles. The molecule has 0 saturated carbocycles. The minimum Gasteiger partial charge on any atom is -0.376 e. The van der Waals surface area contributed by atoms with Gasteiger partial charge < -0.3 is 15.5 Å². The van der Waals surface area contributed by atoms with Gasteiger partial charge in [-0.3, -0.25) is 19.7 Å². The molecular weight excluding hydrogens is 348 g/mol. The Morgan fingerprint density at radius 3 is 2.59 bits per heavy atom. The molecule has 2 N–H and O–H groups in total. The van der Waals surface area contributed by atoms with E-state index in [1.165, 1.54) is 30.1 Å². The molecule has 0 radical (unpaired) electrons. The SMILES string of the molecule is CCc1ccccc1NC(=O)CN(C)C(=O)CNc1cccc([N+](=O)[O-])c1. The van der Waals surface area contributed by atoms with Crippen molar-refractivity contribution >= 4 is 28.9 Å². The number of anilines is 2. The number of amides is 2. The second kappa shape index (κ2) is 9.33. The lowest BCUT2D eigenvalue weighted by Crippen LogP contribution is -2.38. The number of rotatable bonds is 8. The lowest BCUT2D eigenvalue weighted by molar-refractivity contribution is -0.384. The van der Waals surface area contributed by atoms with Gasteiger partial charge in [-0.15, -0.1) is 0 Å². The van der Waals surface area contributed by atoms with E-state index < -0.39 is 4.92 Å². The number of nitro groups is 1. The molecule has 0 bridgehead atoms. The van der Waals surface area contributed by atoms with E-state index in [0.29, 0.717) is 5.69 Å². The number of hydrogen-bond donors (Lipinski definition) is 2. The third-order valence-electron chi connectivity index (χ3n) is 3.98. The second-order valence-electron chi connectivity index (χ2n) is 5.97. The Balaban J connectivity index is 1.87. The number of aryl methyl sites for hydroxylation is 1. The molecule has 0 aliphatic heterocycles. The molecule has 2 aromatic rings. The molecule has 142 valence electrons. The Morgan fingerprint density at radius 1 is 1.15 bits per heavy atom. The van der Waals surface area contributed by atoms with Crippen LogP contribution in [0, 0.1) is 10.1 Å². The summed E-state index contributed by atoms with van der Waals surface area (Å²) in [5.41, 5.74) is 2.16. The van der Waals surface area contributed by atoms with Crippen molar-refractivity contribution in [2.24, 2.45) is 0 Å². The number of likely N-dealkylation sites (N-methyl/N-ethyl adjacent to an activating group) is 1. The van der Waals surface area contributed by atoms with Crippen molar-refractivity contribution in [3.05, 3.63) is 64.2 Å². The molecule has 2 rings (SSSR count). The summed E-state index contributed by atoms with van der Waals surface area (Å²) in [6.45, 7) is 1.84. The second-order valence-corrected chi connectivity index (χ2v) is 5.97. The van der Waals surface area contributed by atoms with Crippen molar-refractivity contribution in [3.8, 4) is 0 Å². The molecule has 2 aromatic carbocycles. The largest absolute Gasteiger partial charge is 0.376 e. The molecule has 0 aromatic heterocycles. The number of nitro benzene ring substituents is 1. The van der Waals surface area contributed by atoms with Gasteiger partial charge in [0.1, 0.15) is 0 Å². The van der Waals surface area contributed by atoms with Crippen LogP contribution in [0.15, 0.2) is 48.5 Å². The Labute approximate surface area is 157 Å². The van der Waals surface area contributed by atoms with Gasteiger partial charge in [-0.2, -0.15) is 0 Å². The molecule has 8 heteroatoms. The van der Waals surface area contributed by atoms with E-state index in [2.05, 4.69) is 10.6 Å². The first kappa shape index (κ1) is 19.9. The summed E-state index contributed by atoms with van der Waals surface area (Å²) < 4.78 is 0. The van der Waals surface area contributed by atoms with Crippen LogP contribution < -0.4 is 10.6 Å². The average molecular weight is 370 g/mol. The Hall–Kier alpha value is -3.42. The third-order valence-corrected chi connectivity index (χ3v) is 3.98. The van der Waals surface area contributed by atoms with Gasteiger partial charge in [-0.05, 0) is 24.1 Å². The highest BCUT2D eigenvalue weighted by Gasteiger charge is 2.14. The molecule has 2 amide bonds. The highest BCUT2D eigenvalue weighted by atomic mass is 16.6. The minimum atomic E-state index is -0.502. The predicted molar refractivity (Wildman–Crippen MR) is 104 cm³/mol. The monoisotopic (exact) mass is 370 g/mol. The maximum Gasteiger partial charge on any atom is 0.271 e. The van der Waals surface area contributed by atoms with Crippen molar-refractivity contribution < 1.29 is 14.5 Å². The quantitative estimate of drug-likeness (QED) is 0.549. The van der Waals surface area contributed by atoms with Crippen LogP contribution in [0.4, 0.5) is 17.1 Å². The van der Waals surface area contributed by atoms with E-state index >= 15 is 0 Å². The third kappa shape index (κ3) is 5.81. The molecule has 0 unspecified atom stereocenters. The van der Waals surface area contributed by atoms with Gasteiger partial charge in [0.05, 0.1) is 18.0 Å². The highest BCUT2D eigenvalue weighted by Crippen LogP contribution is 2.17. The number of para-hydroxylation sites is 1. The summed E-state index contributed by atoms with van der Waals surface area (Å²) in [4.78, 5) is 36.0. The molecule has 0 atom stereocenters. The first-order valence-electron chi connectivity index (χ1n) is 8.50. The summed E-state index contributed by atoms with van der Waals surface area (Å²) in [7, 11) is 1.53. The van der Waals surface area contributed by atoms with E-state index in [-0.39, 0.29) is 30.6 Å². The molecule has 27 heavy (non-hydrogen) atoms. The zero-order chi connectivity index (χ0) is 19.8. The lowest BCUT2D eigenvalue weighted by atomic mass is 10.1. The first-order valence-corrected chi connectivity index (χ1v) is 8.50. The minimum absolute atomic E-state index is 0.0604. The molecule has 0 heterocycles. The maximum atomic E-state index is 12.2. The molecule has 0 spiro atoms. The number of carbonyl (C=O) groups excluding carboxylic acids is 2. The zero-order valence-corrected chi connectivity index (χ0v) is 15.3. The summed E-state index contributed by atoms with van der Waals surface area (Å²) in [5, 5.41) is 16.4. The fourth-order valence-electron chi connectivity index (χ4n) is 2.49. The van der Waals surface area contributed by atoms with Crippen molar-refractivity contribution in [1.82, 2.24) is 4.90 Å². The number of carbonyl (C=O) groups is 2. The number of hydrogen-bond acceptors (Lipinski definition) is 5. The van der Waals surface area contributed by atoms with Crippen molar-refractivity contribution in [3.63, 3.8) is 0 Å². The van der Waals surface area contributed by atoms with Crippen LogP contribution in [0.2, 0.25) is 0 Å². The fraction of sp³-hybridized carbons (Fsp3) is 0.263. The average Bonchev–Trinajstić information content (AvgIpc) is 2.66. The van der Waals surface area contributed by atoms with Gasteiger partial charge in [0.25, 0.3) is 5.69 Å². The standard InChI is InChI=1S/C19H22N4O4/c1-3-14-7-4-5-10-17(14)21-18(24)13-22(2)19(25)12-20-15-8-6-9-16(11-15)23(26)27/h4-11,20H,3,12-13H2,1-2H3,(H,21,24). The Morgan fingerprint density at radius 2 is 1.89 bits per heavy atom. The van der Waals surface area contributed by atoms with Gasteiger partial charge in [0.2, 0.25) is 11.8 Å². The molecule has 8 nitrogen and oxygen atoms in total. The van der Waals surface area contributed by atoms with Crippen LogP contribution in [-0.4, -0.2) is 41.8 Å². The fourth-order valence-corrected chi connectivity index (χ4v) is 2.49. The molecule has 0 fully saturated rings. The maximum absolute atomic E-state index is 12.2. The molecule has 0 aliphatic rings. The van der Waals surface area contributed by atoms with E-state index in [0.717, 1.165) is 17.7 Å². The van der Waals surface area contributed by atoms with E-state index in [1.54, 1.807) is 6.07 Å². The van der Waals surface area contributed by atoms with Gasteiger partial charge >= 0.3 is 0 Å². The van der Waals surface area contributed by atoms with E-state index in [1.807, 2.05) is 31.2 Å². The highest BCUT2D eigenvalue weighted by molar-refractivity contribution is 5.95. The predicted octanol–water partition coefficient (Wildman–Crippen LogP) is 2.67. The van der Waals surface area contributed by atoms with Crippen molar-refractivity contribution in [1.29, 1.82) is 0 Å². The van der Waals surface area contributed by atoms with Crippen LogP contribution in [-0.2, 0) is 16.0 Å². The molecular formula is C19H22N4O4. The molecule has 0 aliphatic carbocycles. The smallest absolute Gasteiger partial charge is 0.271 e. The number of non-ortho nitro benzene ring substituents is 1. The lowest BCUT2D eigenvalue weighted by Gasteiger charge is -2.18. The summed E-state index contributed by atoms with van der Waals surface area (Å²) in [6.07, 6.45) is 0.790. The topological polar surface area (TPSA) is 105 Å². The number of nitrogens with one attached hydrogen (secondary N) is 2. The number of nitrogens with zero attached hydrogens (tertiary/aromatic N) is 2. The summed E-state index contributed by atoms with van der Waals surface area (Å²) in [5.74, 6) is -0.595. The van der Waals surface area contributed by atoms with Gasteiger partial charge in [0.15, 0.2) is 0 Å². The zero-order valence-electron chi connectivity index (χ0n) is 15.3. The van der Waals surface area contributed by atoms with Crippen molar-refractivity contribution in [2.75, 3.05) is 30.8 Å².